The first-order valence-corrected chi connectivity index (χ1v) is 8.18. The minimum absolute atomic E-state index is 0.0615. The maximum absolute atomic E-state index is 13.0. The van der Waals surface area contributed by atoms with Crippen LogP contribution in [0.1, 0.15) is 31.8 Å². The number of carbonyl (C=O) groups is 2. The van der Waals surface area contributed by atoms with Crippen LogP contribution in [0.25, 0.3) is 0 Å². The average molecular weight is 376 g/mol. The predicted molar refractivity (Wildman–Crippen MR) is 99.5 cm³/mol. The van der Waals surface area contributed by atoms with E-state index in [9.17, 15) is 29.9 Å². The number of nitro benzene ring substituents is 1. The Morgan fingerprint density at radius 2 is 1.46 bits per heavy atom. The zero-order chi connectivity index (χ0) is 20.0. The summed E-state index contributed by atoms with van der Waals surface area (Å²) in [6.07, 6.45) is 0. The van der Waals surface area contributed by atoms with Gasteiger partial charge in [-0.05, 0) is 36.4 Å². The molecule has 3 N–H and O–H groups in total. The van der Waals surface area contributed by atoms with Crippen molar-refractivity contribution in [1.29, 1.82) is 0 Å². The molecule has 138 valence electrons. The van der Waals surface area contributed by atoms with Crippen LogP contribution < -0.4 is 5.32 Å². The Labute approximate surface area is 157 Å². The summed E-state index contributed by atoms with van der Waals surface area (Å²) in [6, 6.07) is 13.8. The van der Waals surface area contributed by atoms with Crippen LogP contribution in [0.4, 0.5) is 17.1 Å². The number of ketones is 2. The summed E-state index contributed by atoms with van der Waals surface area (Å²) in [7, 11) is 0. The lowest BCUT2D eigenvalue weighted by Crippen LogP contribution is -2.22. The number of rotatable bonds is 3. The van der Waals surface area contributed by atoms with Gasteiger partial charge in [-0.15, -0.1) is 0 Å². The van der Waals surface area contributed by atoms with E-state index in [1.807, 2.05) is 6.07 Å². The van der Waals surface area contributed by atoms with Crippen molar-refractivity contribution < 1.29 is 24.7 Å². The third-order valence-electron chi connectivity index (χ3n) is 4.51. The van der Waals surface area contributed by atoms with Gasteiger partial charge in [0.25, 0.3) is 0 Å². The van der Waals surface area contributed by atoms with Gasteiger partial charge in [-0.2, -0.15) is 0 Å². The molecule has 0 atom stereocenters. The van der Waals surface area contributed by atoms with Gasteiger partial charge in [0.1, 0.15) is 5.56 Å². The Kier molecular flexibility index (Phi) is 3.82. The standard InChI is InChI=1S/C20H12N2O6/c23-14-9-7-11-15(17(14)22(27)28)20(26)16-12(18(11)24)6-8-13(19(16)25)21-10-4-2-1-3-5-10/h1-9,21,23,25H. The average Bonchev–Trinajstić information content (AvgIpc) is 2.68. The molecule has 0 unspecified atom stereocenters. The topological polar surface area (TPSA) is 130 Å². The molecule has 0 bridgehead atoms. The van der Waals surface area contributed by atoms with E-state index in [0.717, 1.165) is 12.1 Å². The van der Waals surface area contributed by atoms with Gasteiger partial charge in [-0.25, -0.2) is 0 Å². The summed E-state index contributed by atoms with van der Waals surface area (Å²) < 4.78 is 0. The van der Waals surface area contributed by atoms with E-state index in [1.165, 1.54) is 12.1 Å². The van der Waals surface area contributed by atoms with Gasteiger partial charge in [0.2, 0.25) is 5.78 Å². The summed E-state index contributed by atoms with van der Waals surface area (Å²) >= 11 is 0. The number of nitro groups is 1. The van der Waals surface area contributed by atoms with Crippen LogP contribution in [0, 0.1) is 10.1 Å². The minimum Gasteiger partial charge on any atom is -0.505 e. The number of phenols is 2. The van der Waals surface area contributed by atoms with Crippen LogP contribution in [-0.2, 0) is 0 Å². The first-order valence-electron chi connectivity index (χ1n) is 8.18. The highest BCUT2D eigenvalue weighted by atomic mass is 16.6. The molecule has 3 aromatic carbocycles. The molecule has 0 amide bonds. The summed E-state index contributed by atoms with van der Waals surface area (Å²) in [5.74, 6) is -2.77. The van der Waals surface area contributed by atoms with E-state index in [1.54, 1.807) is 24.3 Å². The van der Waals surface area contributed by atoms with Crippen molar-refractivity contribution in [1.82, 2.24) is 0 Å². The Morgan fingerprint density at radius 1 is 0.821 bits per heavy atom. The van der Waals surface area contributed by atoms with Crippen LogP contribution >= 0.6 is 0 Å². The van der Waals surface area contributed by atoms with Crippen molar-refractivity contribution in [2.24, 2.45) is 0 Å². The molecule has 0 aromatic heterocycles. The number of hydrogen-bond donors (Lipinski definition) is 3. The van der Waals surface area contributed by atoms with E-state index in [2.05, 4.69) is 5.32 Å². The molecular formula is C20H12N2O6. The van der Waals surface area contributed by atoms with Crippen LogP contribution in [0.3, 0.4) is 0 Å². The molecule has 0 heterocycles. The molecule has 1 aliphatic rings. The molecular weight excluding hydrogens is 364 g/mol. The number of phenolic OH excluding ortho intramolecular Hbond substituents is 2. The zero-order valence-corrected chi connectivity index (χ0v) is 14.2. The van der Waals surface area contributed by atoms with Gasteiger partial charge < -0.3 is 15.5 Å². The maximum atomic E-state index is 13.0. The monoisotopic (exact) mass is 376 g/mol. The highest BCUT2D eigenvalue weighted by Gasteiger charge is 2.39. The first kappa shape index (κ1) is 17.2. The number of carbonyl (C=O) groups excluding carboxylic acids is 2. The Balaban J connectivity index is 1.91. The normalized spacial score (nSPS) is 12.3. The molecule has 4 rings (SSSR count). The molecule has 0 radical (unpaired) electrons. The van der Waals surface area contributed by atoms with Crippen molar-refractivity contribution >= 4 is 28.6 Å². The zero-order valence-electron chi connectivity index (χ0n) is 14.2. The van der Waals surface area contributed by atoms with E-state index < -0.39 is 39.2 Å². The molecule has 0 aliphatic heterocycles. The van der Waals surface area contributed by atoms with Crippen molar-refractivity contribution in [3.63, 3.8) is 0 Å². The molecule has 0 spiro atoms. The number of nitrogens with one attached hydrogen (secondary N) is 1. The molecule has 0 fully saturated rings. The fraction of sp³-hybridized carbons (Fsp3) is 0. The quantitative estimate of drug-likeness (QED) is 0.283. The Morgan fingerprint density at radius 3 is 2.14 bits per heavy atom. The van der Waals surface area contributed by atoms with E-state index in [-0.39, 0.29) is 22.4 Å². The van der Waals surface area contributed by atoms with Crippen molar-refractivity contribution in [3.05, 3.63) is 87.0 Å². The smallest absolute Gasteiger partial charge is 0.322 e. The second kappa shape index (κ2) is 6.20. The lowest BCUT2D eigenvalue weighted by Gasteiger charge is -2.20. The van der Waals surface area contributed by atoms with Crippen LogP contribution in [0.15, 0.2) is 54.6 Å². The van der Waals surface area contributed by atoms with Gasteiger partial charge in [-0.1, -0.05) is 18.2 Å². The molecule has 3 aromatic rings. The van der Waals surface area contributed by atoms with Crippen LogP contribution in [-0.4, -0.2) is 26.7 Å². The largest absolute Gasteiger partial charge is 0.505 e. The highest BCUT2D eigenvalue weighted by molar-refractivity contribution is 6.31. The summed E-state index contributed by atoms with van der Waals surface area (Å²) in [6.45, 7) is 0. The molecule has 0 saturated heterocycles. The first-order chi connectivity index (χ1) is 13.4. The lowest BCUT2D eigenvalue weighted by atomic mass is 9.82. The van der Waals surface area contributed by atoms with E-state index in [0.29, 0.717) is 5.69 Å². The van der Waals surface area contributed by atoms with Crippen molar-refractivity contribution in [2.75, 3.05) is 5.32 Å². The van der Waals surface area contributed by atoms with E-state index in [4.69, 9.17) is 0 Å². The number of para-hydroxylation sites is 1. The third kappa shape index (κ3) is 2.47. The summed E-state index contributed by atoms with van der Waals surface area (Å²) in [5.41, 5.74) is -1.18. The number of nitrogens with zero attached hydrogens (tertiary/aromatic N) is 1. The number of benzene rings is 3. The molecule has 0 saturated carbocycles. The lowest BCUT2D eigenvalue weighted by molar-refractivity contribution is -0.386. The SMILES string of the molecule is O=C1c2ccc(Nc3ccccc3)c(O)c2C(=O)c2c1ccc(O)c2[N+](=O)[O-]. The number of fused-ring (bicyclic) bond motifs is 2. The Bertz CT molecular complexity index is 1170. The van der Waals surface area contributed by atoms with Gasteiger partial charge in [0.05, 0.1) is 16.2 Å². The maximum Gasteiger partial charge on any atom is 0.322 e. The van der Waals surface area contributed by atoms with Crippen molar-refractivity contribution in [2.45, 2.75) is 0 Å². The van der Waals surface area contributed by atoms with Gasteiger partial charge in [-0.3, -0.25) is 19.7 Å². The second-order valence-corrected chi connectivity index (χ2v) is 6.15. The van der Waals surface area contributed by atoms with Crippen LogP contribution in [0.5, 0.6) is 11.5 Å². The molecule has 8 nitrogen and oxygen atoms in total. The third-order valence-corrected chi connectivity index (χ3v) is 4.51. The van der Waals surface area contributed by atoms with Gasteiger partial charge in [0, 0.05) is 16.8 Å². The van der Waals surface area contributed by atoms with Crippen molar-refractivity contribution in [3.8, 4) is 11.5 Å². The number of aromatic hydroxyl groups is 2. The summed E-state index contributed by atoms with van der Waals surface area (Å²) in [4.78, 5) is 36.2. The summed E-state index contributed by atoms with van der Waals surface area (Å²) in [5, 5.41) is 34.8. The number of hydrogen-bond acceptors (Lipinski definition) is 7. The molecule has 1 aliphatic carbocycles. The second-order valence-electron chi connectivity index (χ2n) is 6.15. The van der Waals surface area contributed by atoms with Crippen LogP contribution in [0.2, 0.25) is 0 Å². The number of anilines is 2. The molecule has 8 heteroatoms. The van der Waals surface area contributed by atoms with Gasteiger partial charge >= 0.3 is 5.69 Å². The van der Waals surface area contributed by atoms with Gasteiger partial charge in [0.15, 0.2) is 17.3 Å². The molecule has 28 heavy (non-hydrogen) atoms. The Hall–Kier alpha value is -4.20. The fourth-order valence-corrected chi connectivity index (χ4v) is 3.24. The predicted octanol–water partition coefficient (Wildman–Crippen LogP) is 3.53. The minimum atomic E-state index is -0.923. The van der Waals surface area contributed by atoms with E-state index >= 15 is 0 Å². The fourth-order valence-electron chi connectivity index (χ4n) is 3.24. The highest BCUT2D eigenvalue weighted by Crippen LogP contribution is 2.43.